The molecule has 190 valence electrons. The van der Waals surface area contributed by atoms with Crippen molar-refractivity contribution in [2.75, 3.05) is 11.4 Å². The fourth-order valence-corrected chi connectivity index (χ4v) is 5.92. The van der Waals surface area contributed by atoms with Gasteiger partial charge in [0, 0.05) is 35.4 Å². The average Bonchev–Trinajstić information content (AvgIpc) is 3.47. The predicted molar refractivity (Wildman–Crippen MR) is 131 cm³/mol. The van der Waals surface area contributed by atoms with E-state index in [0.29, 0.717) is 22.7 Å². The number of fused-ring (bicyclic) bond motifs is 1. The second-order valence-electron chi connectivity index (χ2n) is 8.75. The van der Waals surface area contributed by atoms with Crippen LogP contribution in [0.2, 0.25) is 0 Å². The Labute approximate surface area is 211 Å². The van der Waals surface area contributed by atoms with E-state index in [1.54, 1.807) is 42.5 Å². The topological polar surface area (TPSA) is 104 Å². The summed E-state index contributed by atoms with van der Waals surface area (Å²) in [5.41, 5.74) is 0.894. The maximum atomic E-state index is 13.4. The number of quaternary nitrogens is 1. The van der Waals surface area contributed by atoms with Crippen molar-refractivity contribution in [3.8, 4) is 0 Å². The fourth-order valence-electron chi connectivity index (χ4n) is 4.55. The largest absolute Gasteiger partial charge is 0.626 e. The maximum Gasteiger partial charge on any atom is 0.324 e. The molecule has 0 aliphatic carbocycles. The van der Waals surface area contributed by atoms with Gasteiger partial charge in [0.05, 0.1) is 10.4 Å². The standard InChI is InChI=1S/C26H21F2N3O5S/c27-19-12-17(13-20(28)15-19)16-30(34)26(33)23-9-10-29(25(23)32)21-6-7-24-18(14-21)8-11-31(24)37(35,36)22-4-2-1-3-5-22/h1-8,11-15,23,30H,9-10,16H2. The molecule has 0 spiro atoms. The predicted octanol–water partition coefficient (Wildman–Crippen LogP) is 2.62. The number of nitrogens with zero attached hydrogens (tertiary/aromatic N) is 2. The molecule has 1 aliphatic heterocycles. The molecule has 2 heterocycles. The van der Waals surface area contributed by atoms with E-state index in [9.17, 15) is 32.0 Å². The van der Waals surface area contributed by atoms with Gasteiger partial charge in [0.1, 0.15) is 18.2 Å². The van der Waals surface area contributed by atoms with Gasteiger partial charge in [0.15, 0.2) is 5.92 Å². The quantitative estimate of drug-likeness (QED) is 0.308. The maximum absolute atomic E-state index is 13.4. The number of carbonyl (C=O) groups excluding carboxylic acids is 2. The smallest absolute Gasteiger partial charge is 0.324 e. The molecule has 2 atom stereocenters. The number of carbonyl (C=O) groups is 2. The van der Waals surface area contributed by atoms with E-state index in [1.807, 2.05) is 0 Å². The lowest BCUT2D eigenvalue weighted by Gasteiger charge is -2.22. The Hall–Kier alpha value is -3.93. The van der Waals surface area contributed by atoms with Gasteiger partial charge in [0.25, 0.3) is 10.0 Å². The van der Waals surface area contributed by atoms with Crippen LogP contribution >= 0.6 is 0 Å². The summed E-state index contributed by atoms with van der Waals surface area (Å²) in [6.45, 7) is -0.321. The summed E-state index contributed by atoms with van der Waals surface area (Å²) in [7, 11) is -3.82. The molecule has 2 unspecified atom stereocenters. The van der Waals surface area contributed by atoms with Crippen LogP contribution < -0.4 is 9.96 Å². The van der Waals surface area contributed by atoms with Crippen molar-refractivity contribution in [2.24, 2.45) is 5.92 Å². The monoisotopic (exact) mass is 525 g/mol. The zero-order chi connectivity index (χ0) is 26.3. The molecular weight excluding hydrogens is 504 g/mol. The number of rotatable bonds is 6. The number of benzene rings is 3. The number of nitrogens with one attached hydrogen (secondary N) is 1. The summed E-state index contributed by atoms with van der Waals surface area (Å²) < 4.78 is 54.1. The van der Waals surface area contributed by atoms with Crippen molar-refractivity contribution in [1.82, 2.24) is 3.97 Å². The lowest BCUT2D eigenvalue weighted by Crippen LogP contribution is -3.09. The molecule has 1 aliphatic rings. The molecule has 4 aromatic rings. The van der Waals surface area contributed by atoms with Gasteiger partial charge in [-0.25, -0.2) is 26.0 Å². The minimum atomic E-state index is -3.82. The highest BCUT2D eigenvalue weighted by Gasteiger charge is 2.41. The van der Waals surface area contributed by atoms with E-state index in [2.05, 4.69) is 0 Å². The number of amides is 2. The fraction of sp³-hybridized carbons (Fsp3) is 0.154. The molecular formula is C26H21F2N3O5S. The number of hydrogen-bond donors (Lipinski definition) is 1. The first-order chi connectivity index (χ1) is 17.6. The van der Waals surface area contributed by atoms with Gasteiger partial charge in [-0.15, -0.1) is 0 Å². The van der Waals surface area contributed by atoms with Crippen LogP contribution in [0.4, 0.5) is 14.5 Å². The number of halogens is 2. The van der Waals surface area contributed by atoms with E-state index in [-0.39, 0.29) is 23.4 Å². The Balaban J connectivity index is 1.34. The number of hydrogen-bond acceptors (Lipinski definition) is 5. The molecule has 37 heavy (non-hydrogen) atoms. The third kappa shape index (κ3) is 4.64. The second kappa shape index (κ2) is 9.51. The van der Waals surface area contributed by atoms with Crippen molar-refractivity contribution in [2.45, 2.75) is 17.9 Å². The van der Waals surface area contributed by atoms with E-state index in [1.165, 1.54) is 23.2 Å². The van der Waals surface area contributed by atoms with Crippen LogP contribution in [0.15, 0.2) is 83.9 Å². The van der Waals surface area contributed by atoms with Gasteiger partial charge in [-0.1, -0.05) is 18.2 Å². The normalized spacial score (nSPS) is 16.9. The first kappa shape index (κ1) is 24.8. The molecule has 0 radical (unpaired) electrons. The summed E-state index contributed by atoms with van der Waals surface area (Å²) in [5, 5.41) is 12.1. The first-order valence-corrected chi connectivity index (χ1v) is 12.8. The Morgan fingerprint density at radius 2 is 1.70 bits per heavy atom. The molecule has 8 nitrogen and oxygen atoms in total. The molecule has 2 amide bonds. The Morgan fingerprint density at radius 1 is 1.00 bits per heavy atom. The van der Waals surface area contributed by atoms with Crippen LogP contribution in [0.25, 0.3) is 10.9 Å². The van der Waals surface area contributed by atoms with Crippen molar-refractivity contribution < 1.29 is 31.9 Å². The summed E-state index contributed by atoms with van der Waals surface area (Å²) in [4.78, 5) is 27.3. The Bertz CT molecular complexity index is 1600. The van der Waals surface area contributed by atoms with Gasteiger partial charge < -0.3 is 15.2 Å². The lowest BCUT2D eigenvalue weighted by molar-refractivity contribution is -0.781. The highest BCUT2D eigenvalue weighted by molar-refractivity contribution is 7.90. The average molecular weight is 526 g/mol. The molecule has 1 aromatic heterocycles. The summed E-state index contributed by atoms with van der Waals surface area (Å²) >= 11 is 0. The highest BCUT2D eigenvalue weighted by Crippen LogP contribution is 2.30. The molecule has 11 heteroatoms. The highest BCUT2D eigenvalue weighted by atomic mass is 32.2. The van der Waals surface area contributed by atoms with Crippen LogP contribution in [-0.2, 0) is 26.2 Å². The molecule has 0 saturated carbocycles. The third-order valence-electron chi connectivity index (χ3n) is 6.33. The number of anilines is 1. The second-order valence-corrected chi connectivity index (χ2v) is 10.6. The van der Waals surface area contributed by atoms with Crippen LogP contribution in [-0.4, -0.2) is 30.7 Å². The van der Waals surface area contributed by atoms with Crippen LogP contribution in [0, 0.1) is 22.8 Å². The SMILES string of the molecule is O=C1C(C(=O)[NH+]([O-])Cc2cc(F)cc(F)c2)CCN1c1ccc2c(ccn2S(=O)(=O)c2ccccc2)c1. The van der Waals surface area contributed by atoms with Crippen molar-refractivity contribution >= 4 is 38.4 Å². The third-order valence-corrected chi connectivity index (χ3v) is 8.04. The van der Waals surface area contributed by atoms with Crippen molar-refractivity contribution in [3.63, 3.8) is 0 Å². The van der Waals surface area contributed by atoms with E-state index in [4.69, 9.17) is 0 Å². The van der Waals surface area contributed by atoms with E-state index >= 15 is 0 Å². The van der Waals surface area contributed by atoms with Gasteiger partial charge in [-0.05, 0) is 55.0 Å². The molecule has 0 bridgehead atoms. The summed E-state index contributed by atoms with van der Waals surface area (Å²) in [6.07, 6.45) is 1.55. The molecule has 1 saturated heterocycles. The van der Waals surface area contributed by atoms with Crippen molar-refractivity contribution in [1.29, 1.82) is 0 Å². The summed E-state index contributed by atoms with van der Waals surface area (Å²) in [5.74, 6) is -4.37. The molecule has 1 N–H and O–H groups in total. The molecule has 3 aromatic carbocycles. The Kier molecular flexibility index (Phi) is 6.36. The molecule has 1 fully saturated rings. The number of aromatic nitrogens is 1. The van der Waals surface area contributed by atoms with Crippen molar-refractivity contribution in [3.05, 3.63) is 101 Å². The minimum Gasteiger partial charge on any atom is -0.626 e. The van der Waals surface area contributed by atoms with Gasteiger partial charge in [-0.2, -0.15) is 0 Å². The summed E-state index contributed by atoms with van der Waals surface area (Å²) in [6, 6.07) is 17.0. The van der Waals surface area contributed by atoms with Crippen LogP contribution in [0.5, 0.6) is 0 Å². The zero-order valence-electron chi connectivity index (χ0n) is 19.3. The molecule has 5 rings (SSSR count). The lowest BCUT2D eigenvalue weighted by atomic mass is 10.1. The minimum absolute atomic E-state index is 0.0126. The van der Waals surface area contributed by atoms with Crippen LogP contribution in [0.3, 0.4) is 0 Å². The van der Waals surface area contributed by atoms with Gasteiger partial charge in [0.2, 0.25) is 5.91 Å². The van der Waals surface area contributed by atoms with Gasteiger partial charge in [-0.3, -0.25) is 4.79 Å². The van der Waals surface area contributed by atoms with E-state index < -0.39 is 51.0 Å². The zero-order valence-corrected chi connectivity index (χ0v) is 20.1. The van der Waals surface area contributed by atoms with Crippen LogP contribution in [0.1, 0.15) is 12.0 Å². The first-order valence-electron chi connectivity index (χ1n) is 11.4. The Morgan fingerprint density at radius 3 is 2.41 bits per heavy atom. The van der Waals surface area contributed by atoms with E-state index in [0.717, 1.165) is 16.1 Å². The van der Waals surface area contributed by atoms with Gasteiger partial charge >= 0.3 is 5.91 Å². The number of hydroxylamine groups is 2.